The van der Waals surface area contributed by atoms with Crippen molar-refractivity contribution in [2.45, 2.75) is 0 Å². The van der Waals surface area contributed by atoms with Gasteiger partial charge in [0.2, 0.25) is 0 Å². The average molecular weight is 370 g/mol. The molecule has 0 radical (unpaired) electrons. The highest BCUT2D eigenvalue weighted by atomic mass is 19.2. The summed E-state index contributed by atoms with van der Waals surface area (Å²) < 4.78 is 39.4. The maximum Gasteiger partial charge on any atom is 0.255 e. The van der Waals surface area contributed by atoms with Crippen molar-refractivity contribution >= 4 is 23.2 Å². The fraction of sp³-hybridized carbons (Fsp3) is 0. The standard InChI is InChI=1S/C20H13F3N2O2/c21-14-5-2-6-15(10-14)24-19(26)12-3-1-4-13(9-12)20(27)25-16-7-8-17(22)18(23)11-16/h1-11H,(H,24,26)(H,25,27). The van der Waals surface area contributed by atoms with Gasteiger partial charge in [0, 0.05) is 28.6 Å². The lowest BCUT2D eigenvalue weighted by molar-refractivity contribution is 0.102. The second kappa shape index (κ2) is 7.74. The van der Waals surface area contributed by atoms with Crippen LogP contribution in [0, 0.1) is 17.5 Å². The number of amides is 2. The molecule has 0 atom stereocenters. The van der Waals surface area contributed by atoms with E-state index in [-0.39, 0.29) is 22.5 Å². The van der Waals surface area contributed by atoms with Crippen molar-refractivity contribution in [3.63, 3.8) is 0 Å². The molecule has 0 heterocycles. The predicted octanol–water partition coefficient (Wildman–Crippen LogP) is 4.61. The summed E-state index contributed by atoms with van der Waals surface area (Å²) in [6, 6.07) is 14.2. The van der Waals surface area contributed by atoms with Crippen molar-refractivity contribution in [1.82, 2.24) is 0 Å². The van der Waals surface area contributed by atoms with Gasteiger partial charge in [-0.1, -0.05) is 12.1 Å². The number of nitrogens with one attached hydrogen (secondary N) is 2. The van der Waals surface area contributed by atoms with Gasteiger partial charge in [0.25, 0.3) is 11.8 Å². The van der Waals surface area contributed by atoms with Gasteiger partial charge in [-0.25, -0.2) is 13.2 Å². The van der Waals surface area contributed by atoms with Gasteiger partial charge in [0.15, 0.2) is 11.6 Å². The first-order valence-corrected chi connectivity index (χ1v) is 7.86. The van der Waals surface area contributed by atoms with Crippen molar-refractivity contribution in [3.05, 3.63) is 95.3 Å². The van der Waals surface area contributed by atoms with E-state index in [9.17, 15) is 22.8 Å². The fourth-order valence-corrected chi connectivity index (χ4v) is 2.35. The van der Waals surface area contributed by atoms with Crippen molar-refractivity contribution < 1.29 is 22.8 Å². The molecule has 0 spiro atoms. The first-order valence-electron chi connectivity index (χ1n) is 7.86. The molecule has 0 aliphatic heterocycles. The third-order valence-electron chi connectivity index (χ3n) is 3.65. The number of benzene rings is 3. The van der Waals surface area contributed by atoms with Crippen LogP contribution in [-0.2, 0) is 0 Å². The maximum absolute atomic E-state index is 13.2. The van der Waals surface area contributed by atoms with Crippen LogP contribution in [0.4, 0.5) is 24.5 Å². The molecule has 136 valence electrons. The summed E-state index contributed by atoms with van der Waals surface area (Å²) in [6.07, 6.45) is 0. The summed E-state index contributed by atoms with van der Waals surface area (Å²) in [5, 5.41) is 4.95. The number of hydrogen-bond donors (Lipinski definition) is 2. The van der Waals surface area contributed by atoms with E-state index in [1.165, 1.54) is 48.5 Å². The van der Waals surface area contributed by atoms with Crippen LogP contribution < -0.4 is 10.6 Å². The topological polar surface area (TPSA) is 58.2 Å². The Morgan fingerprint density at radius 3 is 1.81 bits per heavy atom. The van der Waals surface area contributed by atoms with Gasteiger partial charge in [-0.15, -0.1) is 0 Å². The minimum absolute atomic E-state index is 0.0773. The van der Waals surface area contributed by atoms with E-state index in [2.05, 4.69) is 10.6 Å². The maximum atomic E-state index is 13.2. The molecule has 0 fully saturated rings. The van der Waals surface area contributed by atoms with Gasteiger partial charge in [-0.3, -0.25) is 9.59 Å². The van der Waals surface area contributed by atoms with Crippen LogP contribution in [-0.4, -0.2) is 11.8 Å². The summed E-state index contributed by atoms with van der Waals surface area (Å²) in [4.78, 5) is 24.6. The quantitative estimate of drug-likeness (QED) is 0.705. The van der Waals surface area contributed by atoms with Crippen LogP contribution in [0.1, 0.15) is 20.7 Å². The van der Waals surface area contributed by atoms with Gasteiger partial charge in [0.05, 0.1) is 0 Å². The van der Waals surface area contributed by atoms with Gasteiger partial charge >= 0.3 is 0 Å². The summed E-state index contributed by atoms with van der Waals surface area (Å²) in [7, 11) is 0. The van der Waals surface area contributed by atoms with E-state index in [4.69, 9.17) is 0 Å². The van der Waals surface area contributed by atoms with Gasteiger partial charge < -0.3 is 10.6 Å². The smallest absolute Gasteiger partial charge is 0.255 e. The molecule has 0 aliphatic carbocycles. The molecule has 0 unspecified atom stereocenters. The number of carbonyl (C=O) groups excluding carboxylic acids is 2. The molecule has 0 saturated carbocycles. The number of rotatable bonds is 4. The van der Waals surface area contributed by atoms with Crippen molar-refractivity contribution in [1.29, 1.82) is 0 Å². The molecule has 0 saturated heterocycles. The summed E-state index contributed by atoms with van der Waals surface area (Å²) in [6.45, 7) is 0. The summed E-state index contributed by atoms with van der Waals surface area (Å²) in [5.41, 5.74) is 0.675. The van der Waals surface area contributed by atoms with Crippen LogP contribution in [0.3, 0.4) is 0 Å². The molecule has 3 aromatic rings. The molecule has 7 heteroatoms. The molecule has 2 amide bonds. The van der Waals surface area contributed by atoms with Gasteiger partial charge in [-0.2, -0.15) is 0 Å². The Labute approximate surface area is 152 Å². The van der Waals surface area contributed by atoms with Crippen molar-refractivity contribution in [2.75, 3.05) is 10.6 Å². The van der Waals surface area contributed by atoms with Crippen molar-refractivity contribution in [3.8, 4) is 0 Å². The third kappa shape index (κ3) is 4.52. The Kier molecular flexibility index (Phi) is 5.21. The molecule has 3 rings (SSSR count). The first-order chi connectivity index (χ1) is 12.9. The van der Waals surface area contributed by atoms with Crippen LogP contribution in [0.5, 0.6) is 0 Å². The highest BCUT2D eigenvalue weighted by Gasteiger charge is 2.12. The minimum Gasteiger partial charge on any atom is -0.322 e. The molecule has 27 heavy (non-hydrogen) atoms. The van der Waals surface area contributed by atoms with E-state index in [1.807, 2.05) is 0 Å². The predicted molar refractivity (Wildman–Crippen MR) is 95.1 cm³/mol. The molecule has 4 nitrogen and oxygen atoms in total. The van der Waals surface area contributed by atoms with E-state index in [0.717, 1.165) is 18.2 Å². The zero-order chi connectivity index (χ0) is 19.4. The SMILES string of the molecule is O=C(Nc1cccc(F)c1)c1cccc(C(=O)Nc2ccc(F)c(F)c2)c1. The zero-order valence-corrected chi connectivity index (χ0v) is 13.8. The zero-order valence-electron chi connectivity index (χ0n) is 13.8. The van der Waals surface area contributed by atoms with Crippen LogP contribution in [0.15, 0.2) is 66.7 Å². The Morgan fingerprint density at radius 1 is 0.630 bits per heavy atom. The highest BCUT2D eigenvalue weighted by Crippen LogP contribution is 2.16. The van der Waals surface area contributed by atoms with Gasteiger partial charge in [0.1, 0.15) is 5.82 Å². The van der Waals surface area contributed by atoms with Crippen LogP contribution in [0.2, 0.25) is 0 Å². The Bertz CT molecular complexity index is 1020. The molecular weight excluding hydrogens is 357 g/mol. The Balaban J connectivity index is 1.75. The van der Waals surface area contributed by atoms with E-state index in [0.29, 0.717) is 0 Å². The number of anilines is 2. The normalized spacial score (nSPS) is 10.3. The van der Waals surface area contributed by atoms with E-state index in [1.54, 1.807) is 0 Å². The molecular formula is C20H13F3N2O2. The number of hydrogen-bond acceptors (Lipinski definition) is 2. The third-order valence-corrected chi connectivity index (χ3v) is 3.65. The lowest BCUT2D eigenvalue weighted by Gasteiger charge is -2.08. The number of carbonyl (C=O) groups is 2. The van der Waals surface area contributed by atoms with E-state index < -0.39 is 29.3 Å². The fourth-order valence-electron chi connectivity index (χ4n) is 2.35. The van der Waals surface area contributed by atoms with Crippen molar-refractivity contribution in [2.24, 2.45) is 0 Å². The Hall–Kier alpha value is -3.61. The molecule has 3 aromatic carbocycles. The lowest BCUT2D eigenvalue weighted by atomic mass is 10.1. The Morgan fingerprint density at radius 2 is 1.22 bits per heavy atom. The monoisotopic (exact) mass is 370 g/mol. The first kappa shape index (κ1) is 18.2. The average Bonchev–Trinajstić information content (AvgIpc) is 2.65. The summed E-state index contributed by atoms with van der Waals surface area (Å²) >= 11 is 0. The number of halogens is 3. The van der Waals surface area contributed by atoms with Crippen LogP contribution in [0.25, 0.3) is 0 Å². The lowest BCUT2D eigenvalue weighted by Crippen LogP contribution is -2.15. The molecule has 2 N–H and O–H groups in total. The largest absolute Gasteiger partial charge is 0.322 e. The van der Waals surface area contributed by atoms with Crippen LogP contribution >= 0.6 is 0 Å². The molecule has 0 aromatic heterocycles. The van der Waals surface area contributed by atoms with Gasteiger partial charge in [-0.05, 0) is 48.5 Å². The van der Waals surface area contributed by atoms with E-state index >= 15 is 0 Å². The minimum atomic E-state index is -1.09. The second-order valence-corrected chi connectivity index (χ2v) is 5.63. The molecule has 0 bridgehead atoms. The summed E-state index contributed by atoms with van der Waals surface area (Å²) in [5.74, 6) is -3.73. The second-order valence-electron chi connectivity index (χ2n) is 5.63. The molecule has 0 aliphatic rings. The highest BCUT2D eigenvalue weighted by molar-refractivity contribution is 6.08.